The molecule has 0 bridgehead atoms. The molecule has 4 rings (SSSR count). The molecule has 4 heteroatoms. The van der Waals surface area contributed by atoms with E-state index < -0.39 is 0 Å². The first kappa shape index (κ1) is 15.7. The van der Waals surface area contributed by atoms with Crippen molar-refractivity contribution >= 4 is 22.5 Å². The predicted molar refractivity (Wildman–Crippen MR) is 97.1 cm³/mol. The molecule has 0 atom stereocenters. The number of halogens is 2. The number of rotatable bonds is 3. The van der Waals surface area contributed by atoms with Gasteiger partial charge in [-0.1, -0.05) is 35.9 Å². The van der Waals surface area contributed by atoms with Gasteiger partial charge in [0.05, 0.1) is 10.5 Å². The normalized spacial score (nSPS) is 15.0. The standard InChI is InChI=1S/C20H20ClFN2/c1-23-11-10-19-17(13-23)16-3-2-4-18(21)20(16)24(19)12-9-14-5-7-15(22)8-6-14/h2-8H,9-13H2,1H3. The molecule has 2 heterocycles. The fraction of sp³-hybridized carbons (Fsp3) is 0.300. The molecule has 24 heavy (non-hydrogen) atoms. The number of likely N-dealkylation sites (N-methyl/N-ethyl adjacent to an activating group) is 1. The summed E-state index contributed by atoms with van der Waals surface area (Å²) in [5.41, 5.74) is 5.09. The van der Waals surface area contributed by atoms with Gasteiger partial charge in [0.1, 0.15) is 5.82 Å². The van der Waals surface area contributed by atoms with Gasteiger partial charge in [-0.25, -0.2) is 4.39 Å². The van der Waals surface area contributed by atoms with Crippen molar-refractivity contribution in [3.8, 4) is 0 Å². The van der Waals surface area contributed by atoms with Crippen molar-refractivity contribution in [3.05, 3.63) is 70.1 Å². The van der Waals surface area contributed by atoms with Gasteiger partial charge in [0.15, 0.2) is 0 Å². The van der Waals surface area contributed by atoms with E-state index in [-0.39, 0.29) is 5.82 Å². The lowest BCUT2D eigenvalue weighted by atomic mass is 10.1. The molecule has 124 valence electrons. The van der Waals surface area contributed by atoms with Crippen LogP contribution in [-0.2, 0) is 25.9 Å². The van der Waals surface area contributed by atoms with Crippen molar-refractivity contribution in [3.63, 3.8) is 0 Å². The van der Waals surface area contributed by atoms with Crippen LogP contribution in [0.15, 0.2) is 42.5 Å². The summed E-state index contributed by atoms with van der Waals surface area (Å²) in [5.74, 6) is -0.186. The quantitative estimate of drug-likeness (QED) is 0.671. The third-order valence-corrected chi connectivity index (χ3v) is 5.26. The van der Waals surface area contributed by atoms with Gasteiger partial charge in [0, 0.05) is 37.1 Å². The SMILES string of the molecule is CN1CCc2c(c3cccc(Cl)c3n2CCc2ccc(F)cc2)C1. The fourth-order valence-electron chi connectivity index (χ4n) is 3.73. The van der Waals surface area contributed by atoms with Crippen LogP contribution in [0.5, 0.6) is 0 Å². The second-order valence-electron chi connectivity index (χ2n) is 6.58. The van der Waals surface area contributed by atoms with E-state index in [0.29, 0.717) is 0 Å². The Morgan fingerprint density at radius 2 is 1.92 bits per heavy atom. The minimum absolute atomic E-state index is 0.186. The molecule has 0 aliphatic carbocycles. The average molecular weight is 343 g/mol. The van der Waals surface area contributed by atoms with Crippen molar-refractivity contribution in [1.82, 2.24) is 9.47 Å². The number of aromatic nitrogens is 1. The minimum Gasteiger partial charge on any atom is -0.343 e. The lowest BCUT2D eigenvalue weighted by molar-refractivity contribution is 0.309. The Morgan fingerprint density at radius 1 is 1.12 bits per heavy atom. The van der Waals surface area contributed by atoms with Crippen LogP contribution in [0.1, 0.15) is 16.8 Å². The van der Waals surface area contributed by atoms with E-state index in [9.17, 15) is 4.39 Å². The van der Waals surface area contributed by atoms with Crippen molar-refractivity contribution in [2.75, 3.05) is 13.6 Å². The summed E-state index contributed by atoms with van der Waals surface area (Å²) in [6.07, 6.45) is 1.91. The Kier molecular flexibility index (Phi) is 4.07. The Bertz CT molecular complexity index is 883. The lowest BCUT2D eigenvalue weighted by Gasteiger charge is -2.24. The second kappa shape index (κ2) is 6.23. The van der Waals surface area contributed by atoms with E-state index >= 15 is 0 Å². The first-order chi connectivity index (χ1) is 11.6. The monoisotopic (exact) mass is 342 g/mol. The van der Waals surface area contributed by atoms with Gasteiger partial charge < -0.3 is 9.47 Å². The molecule has 0 radical (unpaired) electrons. The molecular formula is C20H20ClFN2. The van der Waals surface area contributed by atoms with Crippen LogP contribution >= 0.6 is 11.6 Å². The van der Waals surface area contributed by atoms with E-state index in [1.165, 1.54) is 28.8 Å². The summed E-state index contributed by atoms with van der Waals surface area (Å²) in [4.78, 5) is 2.35. The highest BCUT2D eigenvalue weighted by Gasteiger charge is 2.23. The van der Waals surface area contributed by atoms with Crippen LogP contribution in [0.4, 0.5) is 4.39 Å². The van der Waals surface area contributed by atoms with Gasteiger partial charge in [0.25, 0.3) is 0 Å². The molecule has 0 fully saturated rings. The zero-order chi connectivity index (χ0) is 16.7. The van der Waals surface area contributed by atoms with Gasteiger partial charge in [0.2, 0.25) is 0 Å². The maximum absolute atomic E-state index is 13.1. The van der Waals surface area contributed by atoms with Crippen LogP contribution in [-0.4, -0.2) is 23.1 Å². The van der Waals surface area contributed by atoms with Gasteiger partial charge in [-0.05, 0) is 42.8 Å². The molecule has 1 aliphatic heterocycles. The lowest BCUT2D eigenvalue weighted by Crippen LogP contribution is -2.27. The molecule has 0 spiro atoms. The van der Waals surface area contributed by atoms with Crippen LogP contribution in [0.2, 0.25) is 5.02 Å². The molecule has 3 aromatic rings. The van der Waals surface area contributed by atoms with Crippen molar-refractivity contribution in [2.45, 2.75) is 25.9 Å². The molecule has 0 N–H and O–H groups in total. The zero-order valence-corrected chi connectivity index (χ0v) is 14.5. The summed E-state index contributed by atoms with van der Waals surface area (Å²) in [7, 11) is 2.16. The summed E-state index contributed by atoms with van der Waals surface area (Å²) in [5, 5.41) is 2.08. The number of nitrogens with zero attached hydrogens (tertiary/aromatic N) is 2. The van der Waals surface area contributed by atoms with Gasteiger partial charge in [-0.15, -0.1) is 0 Å². The Morgan fingerprint density at radius 3 is 2.71 bits per heavy atom. The number of hydrogen-bond acceptors (Lipinski definition) is 1. The van der Waals surface area contributed by atoms with Crippen LogP contribution < -0.4 is 0 Å². The number of benzene rings is 2. The van der Waals surface area contributed by atoms with Gasteiger partial charge >= 0.3 is 0 Å². The third kappa shape index (κ3) is 2.72. The summed E-state index contributed by atoms with van der Waals surface area (Å²) in [6, 6.07) is 13.0. The minimum atomic E-state index is -0.186. The van der Waals surface area contributed by atoms with E-state index in [1.54, 1.807) is 0 Å². The number of para-hydroxylation sites is 1. The molecule has 1 aromatic heterocycles. The fourth-order valence-corrected chi connectivity index (χ4v) is 4.01. The molecule has 2 aromatic carbocycles. The van der Waals surface area contributed by atoms with Crippen LogP contribution in [0.25, 0.3) is 10.9 Å². The summed E-state index contributed by atoms with van der Waals surface area (Å²) >= 11 is 6.54. The number of aryl methyl sites for hydroxylation is 2. The van der Waals surface area contributed by atoms with Crippen LogP contribution in [0, 0.1) is 5.82 Å². The Labute approximate surface area is 146 Å². The molecule has 0 amide bonds. The van der Waals surface area contributed by atoms with E-state index in [2.05, 4.69) is 22.6 Å². The molecular weight excluding hydrogens is 323 g/mol. The van der Waals surface area contributed by atoms with Crippen molar-refractivity contribution < 1.29 is 4.39 Å². The highest BCUT2D eigenvalue weighted by atomic mass is 35.5. The molecule has 0 saturated heterocycles. The maximum Gasteiger partial charge on any atom is 0.123 e. The van der Waals surface area contributed by atoms with E-state index in [4.69, 9.17) is 11.6 Å². The van der Waals surface area contributed by atoms with Crippen molar-refractivity contribution in [1.29, 1.82) is 0 Å². The second-order valence-corrected chi connectivity index (χ2v) is 6.98. The van der Waals surface area contributed by atoms with Crippen molar-refractivity contribution in [2.24, 2.45) is 0 Å². The van der Waals surface area contributed by atoms with Crippen LogP contribution in [0.3, 0.4) is 0 Å². The highest BCUT2D eigenvalue weighted by molar-refractivity contribution is 6.35. The third-order valence-electron chi connectivity index (χ3n) is 4.95. The largest absolute Gasteiger partial charge is 0.343 e. The first-order valence-electron chi connectivity index (χ1n) is 8.35. The summed E-state index contributed by atoms with van der Waals surface area (Å²) in [6.45, 7) is 2.90. The predicted octanol–water partition coefficient (Wildman–Crippen LogP) is 4.66. The average Bonchev–Trinajstić information content (AvgIpc) is 2.89. The molecule has 1 aliphatic rings. The molecule has 0 saturated carbocycles. The topological polar surface area (TPSA) is 8.17 Å². The zero-order valence-electron chi connectivity index (χ0n) is 13.7. The highest BCUT2D eigenvalue weighted by Crippen LogP contribution is 2.34. The number of fused-ring (bicyclic) bond motifs is 3. The summed E-state index contributed by atoms with van der Waals surface area (Å²) < 4.78 is 15.5. The van der Waals surface area contributed by atoms with E-state index in [0.717, 1.165) is 48.6 Å². The van der Waals surface area contributed by atoms with E-state index in [1.807, 2.05) is 24.3 Å². The maximum atomic E-state index is 13.1. The molecule has 2 nitrogen and oxygen atoms in total. The smallest absolute Gasteiger partial charge is 0.123 e. The molecule has 0 unspecified atom stereocenters. The first-order valence-corrected chi connectivity index (χ1v) is 8.73. The number of hydrogen-bond donors (Lipinski definition) is 0. The Hall–Kier alpha value is -1.84. The van der Waals surface area contributed by atoms with Gasteiger partial charge in [-0.2, -0.15) is 0 Å². The Balaban J connectivity index is 1.75. The van der Waals surface area contributed by atoms with Gasteiger partial charge in [-0.3, -0.25) is 0 Å².